The van der Waals surface area contributed by atoms with Crippen LogP contribution in [0.1, 0.15) is 25.1 Å². The molecule has 0 saturated carbocycles. The number of nitrogens with zero attached hydrogens (tertiary/aromatic N) is 4. The molecule has 19 heavy (non-hydrogen) atoms. The van der Waals surface area contributed by atoms with E-state index in [1.165, 1.54) is 11.4 Å². The molecule has 0 spiro atoms. The summed E-state index contributed by atoms with van der Waals surface area (Å²) in [5.74, 6) is 1.26. The highest BCUT2D eigenvalue weighted by atomic mass is 15.4. The number of rotatable bonds is 3. The van der Waals surface area contributed by atoms with E-state index >= 15 is 0 Å². The zero-order valence-corrected chi connectivity index (χ0v) is 12.8. The van der Waals surface area contributed by atoms with Gasteiger partial charge in [-0.3, -0.25) is 9.58 Å². The lowest BCUT2D eigenvalue weighted by molar-refractivity contribution is 0.169. The molecule has 0 amide bonds. The predicted octanol–water partition coefficient (Wildman–Crippen LogP) is 0.759. The van der Waals surface area contributed by atoms with Gasteiger partial charge in [0.1, 0.15) is 5.82 Å². The minimum atomic E-state index is 0.560. The molecule has 1 fully saturated rings. The van der Waals surface area contributed by atoms with E-state index in [0.29, 0.717) is 18.6 Å². The lowest BCUT2D eigenvalue weighted by Crippen LogP contribution is -2.55. The third-order valence-electron chi connectivity index (χ3n) is 4.37. The third kappa shape index (κ3) is 2.62. The molecule has 1 aromatic rings. The van der Waals surface area contributed by atoms with Gasteiger partial charge in [0.2, 0.25) is 0 Å². The minimum Gasteiger partial charge on any atom is -0.353 e. The van der Waals surface area contributed by atoms with E-state index in [1.807, 2.05) is 11.7 Å². The van der Waals surface area contributed by atoms with Gasteiger partial charge in [-0.1, -0.05) is 0 Å². The van der Waals surface area contributed by atoms with Crippen LogP contribution in [-0.4, -0.2) is 53.4 Å². The first-order chi connectivity index (χ1) is 8.95. The maximum Gasteiger partial charge on any atom is 0.130 e. The van der Waals surface area contributed by atoms with Crippen molar-refractivity contribution in [2.24, 2.45) is 12.8 Å². The summed E-state index contributed by atoms with van der Waals surface area (Å²) in [5, 5.41) is 4.58. The maximum atomic E-state index is 5.75. The first-order valence-corrected chi connectivity index (χ1v) is 7.15. The fourth-order valence-corrected chi connectivity index (χ4v) is 3.10. The Morgan fingerprint density at radius 3 is 2.32 bits per heavy atom. The summed E-state index contributed by atoms with van der Waals surface area (Å²) in [4.78, 5) is 4.92. The van der Waals surface area contributed by atoms with Crippen molar-refractivity contribution >= 4 is 5.82 Å². The molecular weight excluding hydrogens is 238 g/mol. The molecule has 5 nitrogen and oxygen atoms in total. The smallest absolute Gasteiger partial charge is 0.130 e. The average molecular weight is 265 g/mol. The van der Waals surface area contributed by atoms with Crippen LogP contribution in [0.25, 0.3) is 0 Å². The quantitative estimate of drug-likeness (QED) is 0.876. The van der Waals surface area contributed by atoms with Gasteiger partial charge in [0, 0.05) is 37.8 Å². The Balaban J connectivity index is 2.31. The fourth-order valence-electron chi connectivity index (χ4n) is 3.10. The molecular formula is C14H27N5. The summed E-state index contributed by atoms with van der Waals surface area (Å²) in [6.45, 7) is 9.44. The summed E-state index contributed by atoms with van der Waals surface area (Å²) >= 11 is 0. The second-order valence-electron chi connectivity index (χ2n) is 5.82. The van der Waals surface area contributed by atoms with Crippen molar-refractivity contribution in [2.45, 2.75) is 39.3 Å². The van der Waals surface area contributed by atoms with Gasteiger partial charge in [-0.05, 0) is 40.8 Å². The number of aromatic nitrogens is 2. The predicted molar refractivity (Wildman–Crippen MR) is 79.6 cm³/mol. The lowest BCUT2D eigenvalue weighted by Gasteiger charge is -2.43. The normalized spacial score (nSPS) is 25.1. The Bertz CT molecular complexity index is 427. The van der Waals surface area contributed by atoms with Gasteiger partial charge in [-0.15, -0.1) is 0 Å². The molecule has 2 N–H and O–H groups in total. The SMILES string of the molecule is Cc1nn(C)c(N2CC(C)N(C)C(C)C2)c1CCN. The van der Waals surface area contributed by atoms with Gasteiger partial charge in [0.25, 0.3) is 0 Å². The first-order valence-electron chi connectivity index (χ1n) is 7.15. The summed E-state index contributed by atoms with van der Waals surface area (Å²) in [6.07, 6.45) is 0.907. The van der Waals surface area contributed by atoms with Crippen LogP contribution in [0.5, 0.6) is 0 Å². The van der Waals surface area contributed by atoms with Crippen LogP contribution in [0.3, 0.4) is 0 Å². The second kappa shape index (κ2) is 5.51. The number of likely N-dealkylation sites (N-methyl/N-ethyl adjacent to an activating group) is 1. The molecule has 2 rings (SSSR count). The molecule has 1 aliphatic heterocycles. The van der Waals surface area contributed by atoms with Gasteiger partial charge in [0.15, 0.2) is 0 Å². The maximum absolute atomic E-state index is 5.75. The van der Waals surface area contributed by atoms with Crippen LogP contribution in [0.4, 0.5) is 5.82 Å². The summed E-state index contributed by atoms with van der Waals surface area (Å²) < 4.78 is 2.02. The zero-order chi connectivity index (χ0) is 14.2. The molecule has 0 radical (unpaired) electrons. The van der Waals surface area contributed by atoms with Crippen LogP contribution in [0, 0.1) is 6.92 Å². The summed E-state index contributed by atoms with van der Waals surface area (Å²) in [7, 11) is 4.25. The molecule has 0 aromatic carbocycles. The minimum absolute atomic E-state index is 0.560. The van der Waals surface area contributed by atoms with Gasteiger partial charge in [-0.2, -0.15) is 5.10 Å². The van der Waals surface area contributed by atoms with Crippen molar-refractivity contribution in [1.82, 2.24) is 14.7 Å². The number of piperazine rings is 1. The molecule has 2 heterocycles. The average Bonchev–Trinajstić information content (AvgIpc) is 2.61. The largest absolute Gasteiger partial charge is 0.353 e. The highest BCUT2D eigenvalue weighted by Gasteiger charge is 2.29. The van der Waals surface area contributed by atoms with Crippen LogP contribution in [0.15, 0.2) is 0 Å². The van der Waals surface area contributed by atoms with E-state index in [9.17, 15) is 0 Å². The Hall–Kier alpha value is -1.07. The molecule has 1 saturated heterocycles. The van der Waals surface area contributed by atoms with Crippen molar-refractivity contribution < 1.29 is 0 Å². The molecule has 5 heteroatoms. The van der Waals surface area contributed by atoms with Gasteiger partial charge in [-0.25, -0.2) is 0 Å². The molecule has 2 unspecified atom stereocenters. The van der Waals surface area contributed by atoms with Crippen molar-refractivity contribution in [3.05, 3.63) is 11.3 Å². The van der Waals surface area contributed by atoms with E-state index in [1.54, 1.807) is 0 Å². The van der Waals surface area contributed by atoms with Crippen LogP contribution >= 0.6 is 0 Å². The van der Waals surface area contributed by atoms with Crippen LogP contribution in [0.2, 0.25) is 0 Å². The number of hydrogen-bond acceptors (Lipinski definition) is 4. The van der Waals surface area contributed by atoms with Crippen molar-refractivity contribution in [3.63, 3.8) is 0 Å². The van der Waals surface area contributed by atoms with Crippen LogP contribution < -0.4 is 10.6 Å². The Morgan fingerprint density at radius 1 is 1.21 bits per heavy atom. The molecule has 1 aromatic heterocycles. The number of hydrogen-bond donors (Lipinski definition) is 1. The monoisotopic (exact) mass is 265 g/mol. The summed E-state index contributed by atoms with van der Waals surface area (Å²) in [6, 6.07) is 1.12. The van der Waals surface area contributed by atoms with Crippen molar-refractivity contribution in [2.75, 3.05) is 31.6 Å². The van der Waals surface area contributed by atoms with Gasteiger partial charge in [0.05, 0.1) is 5.69 Å². The first kappa shape index (κ1) is 14.3. The highest BCUT2D eigenvalue weighted by molar-refractivity contribution is 5.51. The molecule has 1 aliphatic rings. The fraction of sp³-hybridized carbons (Fsp3) is 0.786. The van der Waals surface area contributed by atoms with E-state index in [4.69, 9.17) is 5.73 Å². The Morgan fingerprint density at radius 2 is 1.79 bits per heavy atom. The van der Waals surface area contributed by atoms with E-state index < -0.39 is 0 Å². The van der Waals surface area contributed by atoms with E-state index in [0.717, 1.165) is 25.2 Å². The zero-order valence-electron chi connectivity index (χ0n) is 12.8. The number of anilines is 1. The van der Waals surface area contributed by atoms with Gasteiger partial charge >= 0.3 is 0 Å². The molecule has 108 valence electrons. The second-order valence-corrected chi connectivity index (χ2v) is 5.82. The molecule has 0 aliphatic carbocycles. The van der Waals surface area contributed by atoms with E-state index in [-0.39, 0.29) is 0 Å². The number of aryl methyl sites for hydroxylation is 2. The van der Waals surface area contributed by atoms with Crippen LogP contribution in [-0.2, 0) is 13.5 Å². The third-order valence-corrected chi connectivity index (χ3v) is 4.37. The molecule has 0 bridgehead atoms. The van der Waals surface area contributed by atoms with Crippen molar-refractivity contribution in [1.29, 1.82) is 0 Å². The topological polar surface area (TPSA) is 50.3 Å². The molecule has 2 atom stereocenters. The summed E-state index contributed by atoms with van der Waals surface area (Å²) in [5.41, 5.74) is 8.18. The Labute approximate surface area is 116 Å². The standard InChI is InChI=1S/C14H27N5/c1-10-8-19(9-11(2)17(10)4)14-13(6-7-15)12(3)16-18(14)5/h10-11H,6-9,15H2,1-5H3. The number of nitrogens with two attached hydrogens (primary N) is 1. The Kier molecular flexibility index (Phi) is 4.16. The highest BCUT2D eigenvalue weighted by Crippen LogP contribution is 2.27. The van der Waals surface area contributed by atoms with Gasteiger partial charge < -0.3 is 10.6 Å². The lowest BCUT2D eigenvalue weighted by atomic mass is 10.1. The van der Waals surface area contributed by atoms with Crippen molar-refractivity contribution in [3.8, 4) is 0 Å². The van der Waals surface area contributed by atoms with E-state index in [2.05, 4.69) is 42.7 Å².